The first kappa shape index (κ1) is 14.3. The normalized spacial score (nSPS) is 11.6. The molecule has 0 aliphatic heterocycles. The summed E-state index contributed by atoms with van der Waals surface area (Å²) >= 11 is 3.17. The molecule has 1 aromatic carbocycles. The van der Waals surface area contributed by atoms with Crippen LogP contribution < -0.4 is 4.74 Å². The van der Waals surface area contributed by atoms with Crippen LogP contribution >= 0.6 is 15.9 Å². The number of alkyl halides is 3. The molecule has 0 unspecified atom stereocenters. The fourth-order valence-electron chi connectivity index (χ4n) is 1.02. The maximum Gasteiger partial charge on any atom is 0.411 e. The van der Waals surface area contributed by atoms with Crippen molar-refractivity contribution in [3.8, 4) is 5.75 Å². The molecule has 1 N–H and O–H groups in total. The van der Waals surface area contributed by atoms with Gasteiger partial charge in [-0.05, 0) is 33.6 Å². The van der Waals surface area contributed by atoms with E-state index in [1.54, 1.807) is 12.1 Å². The van der Waals surface area contributed by atoms with Crippen LogP contribution in [0.4, 0.5) is 13.2 Å². The van der Waals surface area contributed by atoms with Crippen molar-refractivity contribution in [1.82, 2.24) is 0 Å². The van der Waals surface area contributed by atoms with Gasteiger partial charge in [-0.1, -0.05) is 6.07 Å². The highest BCUT2D eigenvalue weighted by molar-refractivity contribution is 9.10. The van der Waals surface area contributed by atoms with Crippen molar-refractivity contribution in [3.05, 3.63) is 28.2 Å². The average molecular weight is 315 g/mol. The van der Waals surface area contributed by atoms with Crippen molar-refractivity contribution >= 4 is 15.9 Å². The topological polar surface area (TPSA) is 38.7 Å². The SMILES string of the molecule is OCc1ccc(OCOCC(F)(F)F)c(Br)c1. The summed E-state index contributed by atoms with van der Waals surface area (Å²) in [6.45, 7) is -1.96. The highest BCUT2D eigenvalue weighted by Crippen LogP contribution is 2.26. The molecule has 0 aromatic heterocycles. The van der Waals surface area contributed by atoms with E-state index in [2.05, 4.69) is 20.7 Å². The summed E-state index contributed by atoms with van der Waals surface area (Å²) in [4.78, 5) is 0. The number of ether oxygens (including phenoxy) is 2. The second-order valence-electron chi connectivity index (χ2n) is 3.15. The molecule has 0 aliphatic carbocycles. The minimum absolute atomic E-state index is 0.122. The van der Waals surface area contributed by atoms with E-state index >= 15 is 0 Å². The summed E-state index contributed by atoms with van der Waals surface area (Å²) in [7, 11) is 0. The Hall–Kier alpha value is -0.790. The smallest absolute Gasteiger partial charge is 0.411 e. The van der Waals surface area contributed by atoms with Gasteiger partial charge in [-0.25, -0.2) is 0 Å². The molecule has 0 saturated heterocycles. The Balaban J connectivity index is 2.42. The van der Waals surface area contributed by atoms with Gasteiger partial charge >= 0.3 is 6.18 Å². The fraction of sp³-hybridized carbons (Fsp3) is 0.400. The lowest BCUT2D eigenvalue weighted by molar-refractivity contribution is -0.186. The van der Waals surface area contributed by atoms with Gasteiger partial charge in [0.05, 0.1) is 11.1 Å². The van der Waals surface area contributed by atoms with Gasteiger partial charge in [0.15, 0.2) is 6.79 Å². The van der Waals surface area contributed by atoms with Crippen LogP contribution in [0.1, 0.15) is 5.56 Å². The van der Waals surface area contributed by atoms with Gasteiger partial charge < -0.3 is 14.6 Å². The predicted octanol–water partition coefficient (Wildman–Crippen LogP) is 2.86. The highest BCUT2D eigenvalue weighted by Gasteiger charge is 2.27. The summed E-state index contributed by atoms with van der Waals surface area (Å²) < 4.78 is 45.0. The predicted molar refractivity (Wildman–Crippen MR) is 57.6 cm³/mol. The lowest BCUT2D eigenvalue weighted by atomic mass is 10.2. The molecule has 0 amide bonds. The minimum atomic E-state index is -4.36. The van der Waals surface area contributed by atoms with Crippen LogP contribution in [0.25, 0.3) is 0 Å². The third-order valence-electron chi connectivity index (χ3n) is 1.74. The van der Waals surface area contributed by atoms with E-state index in [9.17, 15) is 13.2 Å². The fourth-order valence-corrected chi connectivity index (χ4v) is 1.56. The van der Waals surface area contributed by atoms with Crippen LogP contribution in [0.2, 0.25) is 0 Å². The van der Waals surface area contributed by atoms with Crippen molar-refractivity contribution in [2.24, 2.45) is 0 Å². The Morgan fingerprint density at radius 1 is 1.29 bits per heavy atom. The molecule has 96 valence electrons. The molecule has 0 spiro atoms. The van der Waals surface area contributed by atoms with Crippen molar-refractivity contribution in [1.29, 1.82) is 0 Å². The van der Waals surface area contributed by atoms with E-state index in [-0.39, 0.29) is 6.61 Å². The van der Waals surface area contributed by atoms with Crippen LogP contribution in [0.3, 0.4) is 0 Å². The second-order valence-corrected chi connectivity index (χ2v) is 4.00. The number of aliphatic hydroxyl groups excluding tert-OH is 1. The maximum atomic E-state index is 11.7. The number of halogens is 4. The summed E-state index contributed by atoms with van der Waals surface area (Å²) in [6.07, 6.45) is -4.36. The van der Waals surface area contributed by atoms with Crippen LogP contribution in [0.5, 0.6) is 5.75 Å². The lowest BCUT2D eigenvalue weighted by Crippen LogP contribution is -2.19. The first-order valence-corrected chi connectivity index (χ1v) is 5.38. The van der Waals surface area contributed by atoms with E-state index < -0.39 is 19.6 Å². The van der Waals surface area contributed by atoms with Crippen molar-refractivity contribution in [3.63, 3.8) is 0 Å². The Labute approximate surface area is 104 Å². The quantitative estimate of drug-likeness (QED) is 0.671. The van der Waals surface area contributed by atoms with Gasteiger partial charge in [0.2, 0.25) is 0 Å². The zero-order valence-corrected chi connectivity index (χ0v) is 10.2. The van der Waals surface area contributed by atoms with Gasteiger partial charge in [0, 0.05) is 0 Å². The molecule has 0 aliphatic rings. The van der Waals surface area contributed by atoms with E-state index in [0.29, 0.717) is 15.8 Å². The first-order valence-electron chi connectivity index (χ1n) is 4.59. The van der Waals surface area contributed by atoms with E-state index in [4.69, 9.17) is 9.84 Å². The molecule has 17 heavy (non-hydrogen) atoms. The molecule has 7 heteroatoms. The summed E-state index contributed by atoms with van der Waals surface area (Å²) in [5.41, 5.74) is 0.667. The van der Waals surface area contributed by atoms with Crippen LogP contribution in [-0.2, 0) is 11.3 Å². The number of hydrogen-bond donors (Lipinski definition) is 1. The van der Waals surface area contributed by atoms with Gasteiger partial charge in [-0.15, -0.1) is 0 Å². The van der Waals surface area contributed by atoms with Gasteiger partial charge in [0.1, 0.15) is 12.4 Å². The molecular weight excluding hydrogens is 305 g/mol. The van der Waals surface area contributed by atoms with E-state index in [1.165, 1.54) is 6.07 Å². The Morgan fingerprint density at radius 2 is 2.00 bits per heavy atom. The number of aliphatic hydroxyl groups is 1. The summed E-state index contributed by atoms with van der Waals surface area (Å²) in [6, 6.07) is 4.75. The van der Waals surface area contributed by atoms with Gasteiger partial charge in [-0.2, -0.15) is 13.2 Å². The molecule has 3 nitrogen and oxygen atoms in total. The molecule has 0 saturated carbocycles. The van der Waals surface area contributed by atoms with Crippen LogP contribution in [0.15, 0.2) is 22.7 Å². The first-order chi connectivity index (χ1) is 7.92. The zero-order chi connectivity index (χ0) is 12.9. The average Bonchev–Trinajstić information content (AvgIpc) is 2.24. The monoisotopic (exact) mass is 314 g/mol. The summed E-state index contributed by atoms with van der Waals surface area (Å²) in [5, 5.41) is 8.85. The zero-order valence-electron chi connectivity index (χ0n) is 8.63. The highest BCUT2D eigenvalue weighted by atomic mass is 79.9. The largest absolute Gasteiger partial charge is 0.466 e. The van der Waals surface area contributed by atoms with Gasteiger partial charge in [0.25, 0.3) is 0 Å². The molecule has 0 radical (unpaired) electrons. The molecule has 1 aromatic rings. The lowest BCUT2D eigenvalue weighted by Gasteiger charge is -2.10. The maximum absolute atomic E-state index is 11.7. The third-order valence-corrected chi connectivity index (χ3v) is 2.36. The van der Waals surface area contributed by atoms with Crippen molar-refractivity contribution in [2.75, 3.05) is 13.4 Å². The van der Waals surface area contributed by atoms with E-state index in [1.807, 2.05) is 0 Å². The number of benzene rings is 1. The Kier molecular flexibility index (Phi) is 5.23. The third kappa shape index (κ3) is 5.38. The Morgan fingerprint density at radius 3 is 2.53 bits per heavy atom. The van der Waals surface area contributed by atoms with E-state index in [0.717, 1.165) is 0 Å². The molecule has 0 atom stereocenters. The standard InChI is InChI=1S/C10H10BrF3O3/c11-8-3-7(4-15)1-2-9(8)17-6-16-5-10(12,13)14/h1-3,15H,4-6H2. The van der Waals surface area contributed by atoms with Crippen molar-refractivity contribution in [2.45, 2.75) is 12.8 Å². The Bertz CT molecular complexity index is 368. The summed E-state index contributed by atoms with van der Waals surface area (Å²) in [5.74, 6) is 0.351. The number of hydrogen-bond acceptors (Lipinski definition) is 3. The molecular formula is C10H10BrF3O3. The van der Waals surface area contributed by atoms with Gasteiger partial charge in [-0.3, -0.25) is 0 Å². The second kappa shape index (κ2) is 6.23. The van der Waals surface area contributed by atoms with Crippen LogP contribution in [-0.4, -0.2) is 24.7 Å². The van der Waals surface area contributed by atoms with Crippen molar-refractivity contribution < 1.29 is 27.8 Å². The molecule has 0 heterocycles. The minimum Gasteiger partial charge on any atom is -0.466 e. The molecule has 1 rings (SSSR count). The van der Waals surface area contributed by atoms with Crippen LogP contribution in [0, 0.1) is 0 Å². The number of rotatable bonds is 5. The molecule has 0 bridgehead atoms. The molecule has 0 fully saturated rings.